The zero-order chi connectivity index (χ0) is 15.5. The Morgan fingerprint density at radius 1 is 1.40 bits per heavy atom. The number of nitrogens with zero attached hydrogens (tertiary/aromatic N) is 1. The van der Waals surface area contributed by atoms with Gasteiger partial charge in [0.15, 0.2) is 0 Å². The molecule has 0 atom stereocenters. The number of aliphatic hydroxyl groups excluding tert-OH is 1. The molecule has 0 spiro atoms. The van der Waals surface area contributed by atoms with Gasteiger partial charge in [0.1, 0.15) is 5.82 Å². The molecule has 1 aromatic carbocycles. The lowest BCUT2D eigenvalue weighted by Crippen LogP contribution is -2.33. The molecule has 3 N–H and O–H groups in total. The summed E-state index contributed by atoms with van der Waals surface area (Å²) in [5.41, 5.74) is 6.00. The van der Waals surface area contributed by atoms with Gasteiger partial charge >= 0.3 is 0 Å². The first-order valence-corrected chi connectivity index (χ1v) is 7.87. The first kappa shape index (κ1) is 16.9. The second kappa shape index (κ2) is 6.51. The minimum Gasteiger partial charge on any atom is -0.396 e. The van der Waals surface area contributed by atoms with Gasteiger partial charge in [-0.1, -0.05) is 6.92 Å². The summed E-state index contributed by atoms with van der Waals surface area (Å²) in [7, 11) is -3.75. The lowest BCUT2D eigenvalue weighted by molar-refractivity contribution is 0.271. The molecule has 0 saturated heterocycles. The predicted octanol–water partition coefficient (Wildman–Crippen LogP) is 1.42. The van der Waals surface area contributed by atoms with E-state index in [1.807, 2.05) is 0 Å². The summed E-state index contributed by atoms with van der Waals surface area (Å²) >= 11 is 0. The van der Waals surface area contributed by atoms with Gasteiger partial charge in [-0.05, 0) is 37.5 Å². The van der Waals surface area contributed by atoms with Crippen molar-refractivity contribution in [3.05, 3.63) is 23.0 Å². The smallest absolute Gasteiger partial charge is 0.243 e. The Balaban J connectivity index is 3.38. The summed E-state index contributed by atoms with van der Waals surface area (Å²) in [4.78, 5) is 0.0520. The van der Waals surface area contributed by atoms with Crippen LogP contribution >= 0.6 is 0 Å². The van der Waals surface area contributed by atoms with Crippen molar-refractivity contribution in [1.29, 1.82) is 0 Å². The van der Waals surface area contributed by atoms with Crippen molar-refractivity contribution < 1.29 is 17.9 Å². The topological polar surface area (TPSA) is 83.6 Å². The number of halogens is 1. The maximum atomic E-state index is 13.5. The van der Waals surface area contributed by atoms with Crippen molar-refractivity contribution in [2.24, 2.45) is 0 Å². The number of hydrogen-bond acceptors (Lipinski definition) is 4. The Labute approximate surface area is 119 Å². The lowest BCUT2D eigenvalue weighted by Gasteiger charge is -2.23. The highest BCUT2D eigenvalue weighted by atomic mass is 32.2. The predicted molar refractivity (Wildman–Crippen MR) is 76.4 cm³/mol. The Hall–Kier alpha value is -1.18. The minimum atomic E-state index is -3.75. The number of rotatable bonds is 6. The van der Waals surface area contributed by atoms with Gasteiger partial charge < -0.3 is 10.8 Å². The van der Waals surface area contributed by atoms with E-state index in [0.717, 1.165) is 6.07 Å². The molecule has 1 rings (SSSR count). The zero-order valence-corrected chi connectivity index (χ0v) is 12.8. The fraction of sp³-hybridized carbons (Fsp3) is 0.538. The van der Waals surface area contributed by atoms with Crippen LogP contribution in [0, 0.1) is 19.7 Å². The summed E-state index contributed by atoms with van der Waals surface area (Å²) in [6.45, 7) is 5.16. The first-order valence-electron chi connectivity index (χ1n) is 6.43. The molecule has 0 amide bonds. The molecular weight excluding hydrogens is 283 g/mol. The molecular formula is C13H21FN2O3S. The van der Waals surface area contributed by atoms with Gasteiger partial charge in [0.05, 0.1) is 10.6 Å². The second-order valence-corrected chi connectivity index (χ2v) is 6.49. The quantitative estimate of drug-likeness (QED) is 0.779. The number of aliphatic hydroxyl groups is 1. The minimum absolute atomic E-state index is 0.0520. The molecule has 1 aromatic rings. The molecule has 0 unspecified atom stereocenters. The van der Waals surface area contributed by atoms with E-state index in [0.29, 0.717) is 12.0 Å². The van der Waals surface area contributed by atoms with Gasteiger partial charge in [0.25, 0.3) is 0 Å². The third-order valence-electron chi connectivity index (χ3n) is 3.22. The van der Waals surface area contributed by atoms with Gasteiger partial charge in [-0.15, -0.1) is 0 Å². The SMILES string of the molecule is CCN(CCCO)S(=O)(=O)c1c(C)cc(F)c(N)c1C. The molecule has 0 saturated carbocycles. The Morgan fingerprint density at radius 3 is 2.50 bits per heavy atom. The van der Waals surface area contributed by atoms with E-state index >= 15 is 0 Å². The summed E-state index contributed by atoms with van der Waals surface area (Å²) in [5, 5.41) is 8.85. The van der Waals surface area contributed by atoms with Crippen molar-refractivity contribution in [2.75, 3.05) is 25.4 Å². The van der Waals surface area contributed by atoms with E-state index < -0.39 is 15.8 Å². The zero-order valence-electron chi connectivity index (χ0n) is 12.0. The molecule has 0 aromatic heterocycles. The Morgan fingerprint density at radius 2 is 2.00 bits per heavy atom. The van der Waals surface area contributed by atoms with Gasteiger partial charge in [-0.25, -0.2) is 12.8 Å². The van der Waals surface area contributed by atoms with Crippen molar-refractivity contribution in [3.8, 4) is 0 Å². The standard InChI is InChI=1S/C13H21FN2O3S/c1-4-16(6-5-7-17)20(18,19)13-9(2)8-11(14)12(15)10(13)3/h8,17H,4-7,15H2,1-3H3. The number of sulfonamides is 1. The second-order valence-electron chi connectivity index (χ2n) is 4.62. The van der Waals surface area contributed by atoms with E-state index in [9.17, 15) is 12.8 Å². The summed E-state index contributed by atoms with van der Waals surface area (Å²) in [5.74, 6) is -0.614. The molecule has 0 aliphatic heterocycles. The van der Waals surface area contributed by atoms with Gasteiger partial charge in [0.2, 0.25) is 10.0 Å². The molecule has 20 heavy (non-hydrogen) atoms. The molecule has 114 valence electrons. The fourth-order valence-corrected chi connectivity index (χ4v) is 4.08. The van der Waals surface area contributed by atoms with Crippen LogP contribution in [0.4, 0.5) is 10.1 Å². The van der Waals surface area contributed by atoms with E-state index in [2.05, 4.69) is 0 Å². The average molecular weight is 304 g/mol. The number of aryl methyl sites for hydroxylation is 1. The Kier molecular flexibility index (Phi) is 5.50. The molecule has 0 aliphatic carbocycles. The summed E-state index contributed by atoms with van der Waals surface area (Å²) in [6.07, 6.45) is 0.349. The molecule has 7 heteroatoms. The number of nitrogen functional groups attached to an aromatic ring is 1. The van der Waals surface area contributed by atoms with Crippen LogP contribution in [0.1, 0.15) is 24.5 Å². The average Bonchev–Trinajstić information content (AvgIpc) is 2.36. The molecule has 0 bridgehead atoms. The molecule has 0 fully saturated rings. The van der Waals surface area contributed by atoms with Crippen molar-refractivity contribution in [3.63, 3.8) is 0 Å². The maximum Gasteiger partial charge on any atom is 0.243 e. The normalized spacial score (nSPS) is 12.1. The highest BCUT2D eigenvalue weighted by Crippen LogP contribution is 2.29. The summed E-state index contributed by atoms with van der Waals surface area (Å²) in [6, 6.07) is 1.13. The maximum absolute atomic E-state index is 13.5. The van der Waals surface area contributed by atoms with Crippen LogP contribution in [-0.4, -0.2) is 37.5 Å². The van der Waals surface area contributed by atoms with E-state index in [4.69, 9.17) is 10.8 Å². The van der Waals surface area contributed by atoms with Gasteiger partial charge in [-0.2, -0.15) is 4.31 Å². The van der Waals surface area contributed by atoms with Crippen LogP contribution < -0.4 is 5.73 Å². The molecule has 0 radical (unpaired) electrons. The Bertz CT molecular complexity index is 588. The highest BCUT2D eigenvalue weighted by molar-refractivity contribution is 7.89. The number of benzene rings is 1. The number of nitrogens with two attached hydrogens (primary N) is 1. The van der Waals surface area contributed by atoms with Crippen LogP contribution in [0.15, 0.2) is 11.0 Å². The third kappa shape index (κ3) is 3.11. The monoisotopic (exact) mass is 304 g/mol. The van der Waals surface area contributed by atoms with Gasteiger partial charge in [-0.3, -0.25) is 0 Å². The number of anilines is 1. The van der Waals surface area contributed by atoms with Crippen molar-refractivity contribution in [2.45, 2.75) is 32.1 Å². The van der Waals surface area contributed by atoms with Crippen LogP contribution in [0.2, 0.25) is 0 Å². The largest absolute Gasteiger partial charge is 0.396 e. The van der Waals surface area contributed by atoms with E-state index in [1.54, 1.807) is 13.8 Å². The highest BCUT2D eigenvalue weighted by Gasteiger charge is 2.28. The lowest BCUT2D eigenvalue weighted by atomic mass is 10.1. The fourth-order valence-electron chi connectivity index (χ4n) is 2.15. The van der Waals surface area contributed by atoms with Crippen LogP contribution in [-0.2, 0) is 10.0 Å². The summed E-state index contributed by atoms with van der Waals surface area (Å²) < 4.78 is 40.1. The van der Waals surface area contributed by atoms with E-state index in [-0.39, 0.29) is 35.8 Å². The number of hydrogen-bond donors (Lipinski definition) is 2. The van der Waals surface area contributed by atoms with Crippen molar-refractivity contribution in [1.82, 2.24) is 4.31 Å². The third-order valence-corrected chi connectivity index (χ3v) is 5.48. The molecule has 5 nitrogen and oxygen atoms in total. The van der Waals surface area contributed by atoms with Crippen LogP contribution in [0.3, 0.4) is 0 Å². The molecule has 0 aliphatic rings. The van der Waals surface area contributed by atoms with Gasteiger partial charge in [0, 0.05) is 19.7 Å². The first-order chi connectivity index (χ1) is 9.27. The van der Waals surface area contributed by atoms with Crippen LogP contribution in [0.25, 0.3) is 0 Å². The molecule has 0 heterocycles. The van der Waals surface area contributed by atoms with Crippen LogP contribution in [0.5, 0.6) is 0 Å². The van der Waals surface area contributed by atoms with Crippen molar-refractivity contribution >= 4 is 15.7 Å². The van der Waals surface area contributed by atoms with E-state index in [1.165, 1.54) is 11.2 Å².